The lowest BCUT2D eigenvalue weighted by Crippen LogP contribution is -2.38. The van der Waals surface area contributed by atoms with E-state index in [1.54, 1.807) is 12.1 Å². The molecule has 6 heteroatoms. The van der Waals surface area contributed by atoms with Crippen molar-refractivity contribution in [3.8, 4) is 0 Å². The largest absolute Gasteiger partial charge is 0.379 e. The fraction of sp³-hybridized carbons (Fsp3) is 0.571. The number of aryl methyl sites for hydroxylation is 1. The molecule has 0 aromatic heterocycles. The molecule has 0 bridgehead atoms. The lowest BCUT2D eigenvalue weighted by atomic mass is 10.2. The molecule has 0 spiro atoms. The van der Waals surface area contributed by atoms with Gasteiger partial charge in [0.15, 0.2) is 0 Å². The number of ether oxygens (including phenoxy) is 1. The summed E-state index contributed by atoms with van der Waals surface area (Å²) in [6.45, 7) is 6.72. The number of hydrogen-bond acceptors (Lipinski definition) is 4. The first-order valence-electron chi connectivity index (χ1n) is 6.94. The second kappa shape index (κ2) is 7.17. The van der Waals surface area contributed by atoms with Crippen molar-refractivity contribution in [2.24, 2.45) is 0 Å². The number of benzene rings is 1. The maximum atomic E-state index is 12.0. The predicted molar refractivity (Wildman–Crippen MR) is 78.2 cm³/mol. The molecule has 0 aliphatic carbocycles. The zero-order valence-electron chi connectivity index (χ0n) is 11.8. The van der Waals surface area contributed by atoms with E-state index in [-0.39, 0.29) is 0 Å². The van der Waals surface area contributed by atoms with Crippen molar-refractivity contribution in [3.63, 3.8) is 0 Å². The van der Waals surface area contributed by atoms with Gasteiger partial charge in [-0.05, 0) is 32.0 Å². The second-order valence-corrected chi connectivity index (χ2v) is 6.79. The molecule has 1 fully saturated rings. The minimum Gasteiger partial charge on any atom is -0.379 e. The van der Waals surface area contributed by atoms with E-state index in [9.17, 15) is 8.42 Å². The topological polar surface area (TPSA) is 58.6 Å². The van der Waals surface area contributed by atoms with Gasteiger partial charge in [-0.15, -0.1) is 0 Å². The van der Waals surface area contributed by atoms with Gasteiger partial charge in [-0.25, -0.2) is 13.1 Å². The highest BCUT2D eigenvalue weighted by Gasteiger charge is 2.14. The lowest BCUT2D eigenvalue weighted by molar-refractivity contribution is 0.0376. The van der Waals surface area contributed by atoms with Gasteiger partial charge in [0.25, 0.3) is 0 Å². The van der Waals surface area contributed by atoms with Crippen LogP contribution >= 0.6 is 0 Å². The van der Waals surface area contributed by atoms with E-state index in [4.69, 9.17) is 4.74 Å². The van der Waals surface area contributed by atoms with Crippen LogP contribution < -0.4 is 4.72 Å². The highest BCUT2D eigenvalue weighted by Crippen LogP contribution is 2.09. The van der Waals surface area contributed by atoms with Crippen molar-refractivity contribution >= 4 is 10.0 Å². The van der Waals surface area contributed by atoms with E-state index in [1.807, 2.05) is 19.1 Å². The monoisotopic (exact) mass is 298 g/mol. The molecule has 0 unspecified atom stereocenters. The summed E-state index contributed by atoms with van der Waals surface area (Å²) in [7, 11) is -3.37. The van der Waals surface area contributed by atoms with Crippen LogP contribution in [0.25, 0.3) is 0 Å². The zero-order valence-corrected chi connectivity index (χ0v) is 12.7. The second-order valence-electron chi connectivity index (χ2n) is 5.02. The summed E-state index contributed by atoms with van der Waals surface area (Å²) in [6, 6.07) is 6.89. The number of morpholine rings is 1. The molecule has 1 heterocycles. The van der Waals surface area contributed by atoms with Crippen LogP contribution in [0.4, 0.5) is 0 Å². The summed E-state index contributed by atoms with van der Waals surface area (Å²) in [5.74, 6) is 0. The minimum atomic E-state index is -3.37. The van der Waals surface area contributed by atoms with Gasteiger partial charge in [-0.2, -0.15) is 0 Å². The van der Waals surface area contributed by atoms with Crippen LogP contribution in [0, 0.1) is 6.92 Å². The summed E-state index contributed by atoms with van der Waals surface area (Å²) in [5, 5.41) is 0. The van der Waals surface area contributed by atoms with E-state index < -0.39 is 10.0 Å². The lowest BCUT2D eigenvalue weighted by Gasteiger charge is -2.26. The Bertz CT molecular complexity index is 508. The Hall–Kier alpha value is -0.950. The summed E-state index contributed by atoms with van der Waals surface area (Å²) >= 11 is 0. The third-order valence-corrected chi connectivity index (χ3v) is 4.86. The predicted octanol–water partition coefficient (Wildman–Crippen LogP) is 0.996. The molecular formula is C14H22N2O3S. The molecule has 1 aliphatic rings. The van der Waals surface area contributed by atoms with Crippen LogP contribution in [-0.4, -0.2) is 52.7 Å². The quantitative estimate of drug-likeness (QED) is 0.796. The van der Waals surface area contributed by atoms with Crippen LogP contribution in [0.15, 0.2) is 29.2 Å². The van der Waals surface area contributed by atoms with Crippen LogP contribution in [0.3, 0.4) is 0 Å². The van der Waals surface area contributed by atoms with Crippen LogP contribution in [-0.2, 0) is 14.8 Å². The van der Waals surface area contributed by atoms with Gasteiger partial charge in [0.05, 0.1) is 18.1 Å². The van der Waals surface area contributed by atoms with E-state index >= 15 is 0 Å². The molecule has 1 saturated heterocycles. The zero-order chi connectivity index (χ0) is 14.4. The first-order chi connectivity index (χ1) is 9.58. The number of sulfonamides is 1. The van der Waals surface area contributed by atoms with Crippen LogP contribution in [0.1, 0.15) is 12.0 Å². The van der Waals surface area contributed by atoms with Gasteiger partial charge < -0.3 is 4.74 Å². The fourth-order valence-corrected chi connectivity index (χ4v) is 3.21. The van der Waals surface area contributed by atoms with Gasteiger partial charge in [-0.1, -0.05) is 17.7 Å². The number of nitrogens with one attached hydrogen (secondary N) is 1. The molecule has 1 aromatic rings. The number of hydrogen-bond donors (Lipinski definition) is 1. The third-order valence-electron chi connectivity index (χ3n) is 3.38. The normalized spacial score (nSPS) is 17.2. The maximum absolute atomic E-state index is 12.0. The van der Waals surface area contributed by atoms with Gasteiger partial charge in [0.2, 0.25) is 10.0 Å². The van der Waals surface area contributed by atoms with Crippen molar-refractivity contribution < 1.29 is 13.2 Å². The first-order valence-corrected chi connectivity index (χ1v) is 8.43. The molecule has 1 aliphatic heterocycles. The van der Waals surface area contributed by atoms with Gasteiger partial charge >= 0.3 is 0 Å². The molecule has 0 atom stereocenters. The number of rotatable bonds is 6. The molecule has 1 N–H and O–H groups in total. The summed E-state index contributed by atoms with van der Waals surface area (Å²) in [4.78, 5) is 2.62. The summed E-state index contributed by atoms with van der Waals surface area (Å²) in [6.07, 6.45) is 0.811. The summed E-state index contributed by atoms with van der Waals surface area (Å²) in [5.41, 5.74) is 1.05. The van der Waals surface area contributed by atoms with Gasteiger partial charge in [0.1, 0.15) is 0 Å². The Morgan fingerprint density at radius 3 is 2.50 bits per heavy atom. The van der Waals surface area contributed by atoms with Crippen molar-refractivity contribution in [1.29, 1.82) is 0 Å². The van der Waals surface area contributed by atoms with Crippen molar-refractivity contribution in [2.45, 2.75) is 18.2 Å². The van der Waals surface area contributed by atoms with Crippen molar-refractivity contribution in [1.82, 2.24) is 9.62 Å². The average molecular weight is 298 g/mol. The molecule has 0 radical (unpaired) electrons. The van der Waals surface area contributed by atoms with Crippen LogP contribution in [0.2, 0.25) is 0 Å². The standard InChI is InChI=1S/C14H22N2O3S/c1-13-3-5-14(6-4-13)20(17,18)15-7-2-8-16-9-11-19-12-10-16/h3-6,15H,2,7-12H2,1H3. The van der Waals surface area contributed by atoms with Crippen LogP contribution in [0.5, 0.6) is 0 Å². The first kappa shape index (κ1) is 15.4. The van der Waals surface area contributed by atoms with E-state index in [1.165, 1.54) is 0 Å². The Morgan fingerprint density at radius 1 is 1.20 bits per heavy atom. The van der Waals surface area contributed by atoms with Crippen molar-refractivity contribution in [3.05, 3.63) is 29.8 Å². The average Bonchev–Trinajstić information content (AvgIpc) is 2.45. The SMILES string of the molecule is Cc1ccc(S(=O)(=O)NCCCN2CCOCC2)cc1. The minimum absolute atomic E-state index is 0.328. The Morgan fingerprint density at radius 2 is 1.85 bits per heavy atom. The molecule has 5 nitrogen and oxygen atoms in total. The Kier molecular flexibility index (Phi) is 5.54. The molecule has 0 amide bonds. The van der Waals surface area contributed by atoms with Crippen molar-refractivity contribution in [2.75, 3.05) is 39.4 Å². The number of nitrogens with zero attached hydrogens (tertiary/aromatic N) is 1. The molecule has 20 heavy (non-hydrogen) atoms. The maximum Gasteiger partial charge on any atom is 0.240 e. The molecule has 0 saturated carbocycles. The Balaban J connectivity index is 1.76. The highest BCUT2D eigenvalue weighted by molar-refractivity contribution is 7.89. The van der Waals surface area contributed by atoms with E-state index in [2.05, 4.69) is 9.62 Å². The molecular weight excluding hydrogens is 276 g/mol. The van der Waals surface area contributed by atoms with E-state index in [0.717, 1.165) is 44.8 Å². The van der Waals surface area contributed by atoms with E-state index in [0.29, 0.717) is 11.4 Å². The molecule has 2 rings (SSSR count). The molecule has 112 valence electrons. The summed E-state index contributed by atoms with van der Waals surface area (Å²) < 4.78 is 32.0. The molecule has 1 aromatic carbocycles. The van der Waals surface area contributed by atoms with Gasteiger partial charge in [0, 0.05) is 19.6 Å². The Labute approximate surface area is 121 Å². The fourth-order valence-electron chi connectivity index (χ4n) is 2.13. The van der Waals surface area contributed by atoms with Gasteiger partial charge in [-0.3, -0.25) is 4.90 Å². The third kappa shape index (κ3) is 4.56. The highest BCUT2D eigenvalue weighted by atomic mass is 32.2. The smallest absolute Gasteiger partial charge is 0.240 e.